The van der Waals surface area contributed by atoms with Gasteiger partial charge in [0.05, 0.1) is 23.4 Å². The van der Waals surface area contributed by atoms with Gasteiger partial charge in [-0.1, -0.05) is 17.4 Å². The molecule has 2 aromatic rings. The molecule has 1 N–H and O–H groups in total. The monoisotopic (exact) mass is 305 g/mol. The van der Waals surface area contributed by atoms with Crippen molar-refractivity contribution in [3.8, 4) is 0 Å². The van der Waals surface area contributed by atoms with E-state index in [4.69, 9.17) is 4.74 Å². The van der Waals surface area contributed by atoms with E-state index < -0.39 is 0 Å². The summed E-state index contributed by atoms with van der Waals surface area (Å²) in [5.74, 6) is 0.105. The van der Waals surface area contributed by atoms with Crippen LogP contribution in [-0.2, 0) is 9.53 Å². The fraction of sp³-hybridized carbons (Fsp3) is 0.467. The third-order valence-electron chi connectivity index (χ3n) is 3.58. The maximum Gasteiger partial charge on any atom is 0.244 e. The SMILES string of the molecule is Cc1ccc2sc(NC(C)C(=O)N3CCOCC3)nc2c1. The molecular formula is C15H19N3O2S. The van der Waals surface area contributed by atoms with Crippen molar-refractivity contribution in [2.75, 3.05) is 31.6 Å². The van der Waals surface area contributed by atoms with Crippen molar-refractivity contribution in [1.82, 2.24) is 9.88 Å². The number of aryl methyl sites for hydroxylation is 1. The van der Waals surface area contributed by atoms with Crippen LogP contribution in [0.25, 0.3) is 10.2 Å². The summed E-state index contributed by atoms with van der Waals surface area (Å²) in [5, 5.41) is 4.02. The molecule has 0 radical (unpaired) electrons. The van der Waals surface area contributed by atoms with Crippen molar-refractivity contribution in [3.05, 3.63) is 23.8 Å². The van der Waals surface area contributed by atoms with Crippen LogP contribution in [0.4, 0.5) is 5.13 Å². The first kappa shape index (κ1) is 14.3. The van der Waals surface area contributed by atoms with Gasteiger partial charge in [-0.25, -0.2) is 4.98 Å². The number of carbonyl (C=O) groups excluding carboxylic acids is 1. The lowest BCUT2D eigenvalue weighted by molar-refractivity contribution is -0.135. The fourth-order valence-corrected chi connectivity index (χ4v) is 3.34. The maximum absolute atomic E-state index is 12.4. The minimum Gasteiger partial charge on any atom is -0.378 e. The van der Waals surface area contributed by atoms with Gasteiger partial charge in [-0.15, -0.1) is 0 Å². The number of nitrogens with zero attached hydrogens (tertiary/aromatic N) is 2. The lowest BCUT2D eigenvalue weighted by Gasteiger charge is -2.29. The van der Waals surface area contributed by atoms with E-state index in [9.17, 15) is 4.79 Å². The van der Waals surface area contributed by atoms with Crippen LogP contribution in [0, 0.1) is 6.92 Å². The van der Waals surface area contributed by atoms with E-state index in [2.05, 4.69) is 35.4 Å². The lowest BCUT2D eigenvalue weighted by Crippen LogP contribution is -2.46. The molecule has 0 spiro atoms. The van der Waals surface area contributed by atoms with E-state index >= 15 is 0 Å². The van der Waals surface area contributed by atoms with E-state index in [0.717, 1.165) is 15.3 Å². The van der Waals surface area contributed by atoms with Gasteiger partial charge < -0.3 is 15.0 Å². The molecule has 1 unspecified atom stereocenters. The summed E-state index contributed by atoms with van der Waals surface area (Å²) in [6, 6.07) is 5.94. The quantitative estimate of drug-likeness (QED) is 0.945. The van der Waals surface area contributed by atoms with Gasteiger partial charge in [-0.05, 0) is 31.5 Å². The molecule has 1 aliphatic heterocycles. The normalized spacial score (nSPS) is 17.0. The average molecular weight is 305 g/mol. The third-order valence-corrected chi connectivity index (χ3v) is 4.54. The van der Waals surface area contributed by atoms with Crippen molar-refractivity contribution in [2.24, 2.45) is 0 Å². The number of hydrogen-bond donors (Lipinski definition) is 1. The molecule has 1 saturated heterocycles. The highest BCUT2D eigenvalue weighted by Gasteiger charge is 2.23. The van der Waals surface area contributed by atoms with Crippen LogP contribution in [0.3, 0.4) is 0 Å². The Kier molecular flexibility index (Phi) is 4.07. The van der Waals surface area contributed by atoms with Gasteiger partial charge in [-0.2, -0.15) is 0 Å². The number of morpholine rings is 1. The molecular weight excluding hydrogens is 286 g/mol. The highest BCUT2D eigenvalue weighted by Crippen LogP contribution is 2.27. The highest BCUT2D eigenvalue weighted by molar-refractivity contribution is 7.22. The van der Waals surface area contributed by atoms with Crippen molar-refractivity contribution in [3.63, 3.8) is 0 Å². The first-order valence-corrected chi connectivity index (χ1v) is 7.95. The summed E-state index contributed by atoms with van der Waals surface area (Å²) in [7, 11) is 0. The van der Waals surface area contributed by atoms with E-state index in [1.54, 1.807) is 11.3 Å². The summed E-state index contributed by atoms with van der Waals surface area (Å²) >= 11 is 1.58. The summed E-state index contributed by atoms with van der Waals surface area (Å²) < 4.78 is 6.41. The summed E-state index contributed by atoms with van der Waals surface area (Å²) in [5.41, 5.74) is 2.17. The van der Waals surface area contributed by atoms with Gasteiger partial charge >= 0.3 is 0 Å². The van der Waals surface area contributed by atoms with Gasteiger partial charge in [0.25, 0.3) is 0 Å². The average Bonchev–Trinajstić information content (AvgIpc) is 2.88. The molecule has 0 saturated carbocycles. The van der Waals surface area contributed by atoms with Crippen LogP contribution in [0.2, 0.25) is 0 Å². The topological polar surface area (TPSA) is 54.5 Å². The zero-order valence-corrected chi connectivity index (χ0v) is 13.1. The predicted octanol–water partition coefficient (Wildman–Crippen LogP) is 2.26. The molecule has 1 aliphatic rings. The van der Waals surface area contributed by atoms with Crippen molar-refractivity contribution in [1.29, 1.82) is 0 Å². The number of benzene rings is 1. The minimum absolute atomic E-state index is 0.105. The summed E-state index contributed by atoms with van der Waals surface area (Å²) in [4.78, 5) is 18.8. The van der Waals surface area contributed by atoms with Crippen molar-refractivity contribution >= 4 is 32.6 Å². The van der Waals surface area contributed by atoms with Crippen LogP contribution in [0.15, 0.2) is 18.2 Å². The first-order valence-electron chi connectivity index (χ1n) is 7.14. The van der Waals surface area contributed by atoms with Crippen LogP contribution in [0.1, 0.15) is 12.5 Å². The predicted molar refractivity (Wildman–Crippen MR) is 84.8 cm³/mol. The van der Waals surface area contributed by atoms with Gasteiger partial charge in [0.2, 0.25) is 5.91 Å². The zero-order chi connectivity index (χ0) is 14.8. The Morgan fingerprint density at radius 1 is 1.43 bits per heavy atom. The molecule has 1 amide bonds. The Balaban J connectivity index is 1.70. The Hall–Kier alpha value is -1.66. The number of ether oxygens (including phenoxy) is 1. The van der Waals surface area contributed by atoms with Crippen LogP contribution < -0.4 is 5.32 Å². The van der Waals surface area contributed by atoms with Gasteiger partial charge in [-0.3, -0.25) is 4.79 Å². The van der Waals surface area contributed by atoms with E-state index in [1.807, 2.05) is 11.8 Å². The second-order valence-corrected chi connectivity index (χ2v) is 6.32. The molecule has 112 valence electrons. The number of carbonyl (C=O) groups is 1. The zero-order valence-electron chi connectivity index (χ0n) is 12.3. The van der Waals surface area contributed by atoms with Crippen LogP contribution in [0.5, 0.6) is 0 Å². The number of aromatic nitrogens is 1. The number of thiazole rings is 1. The Morgan fingerprint density at radius 3 is 2.95 bits per heavy atom. The molecule has 6 heteroatoms. The van der Waals surface area contributed by atoms with Gasteiger partial charge in [0.1, 0.15) is 6.04 Å². The summed E-state index contributed by atoms with van der Waals surface area (Å²) in [6.07, 6.45) is 0. The number of rotatable bonds is 3. The molecule has 1 fully saturated rings. The van der Waals surface area contributed by atoms with E-state index in [0.29, 0.717) is 26.3 Å². The molecule has 1 aromatic carbocycles. The Bertz CT molecular complexity index is 649. The molecule has 0 bridgehead atoms. The number of amides is 1. The largest absolute Gasteiger partial charge is 0.378 e. The molecule has 5 nitrogen and oxygen atoms in total. The Morgan fingerprint density at radius 2 is 2.19 bits per heavy atom. The van der Waals surface area contributed by atoms with Crippen molar-refractivity contribution < 1.29 is 9.53 Å². The smallest absolute Gasteiger partial charge is 0.244 e. The number of nitrogens with one attached hydrogen (secondary N) is 1. The molecule has 21 heavy (non-hydrogen) atoms. The Labute approximate surface area is 127 Å². The molecule has 1 aromatic heterocycles. The molecule has 3 rings (SSSR count). The second kappa shape index (κ2) is 5.99. The fourth-order valence-electron chi connectivity index (χ4n) is 2.40. The van der Waals surface area contributed by atoms with E-state index in [1.165, 1.54) is 5.56 Å². The number of anilines is 1. The van der Waals surface area contributed by atoms with Crippen LogP contribution in [-0.4, -0.2) is 48.1 Å². The van der Waals surface area contributed by atoms with E-state index in [-0.39, 0.29) is 11.9 Å². The van der Waals surface area contributed by atoms with Gasteiger partial charge in [0.15, 0.2) is 5.13 Å². The van der Waals surface area contributed by atoms with Crippen LogP contribution >= 0.6 is 11.3 Å². The maximum atomic E-state index is 12.4. The number of hydrogen-bond acceptors (Lipinski definition) is 5. The lowest BCUT2D eigenvalue weighted by atomic mass is 10.2. The van der Waals surface area contributed by atoms with Crippen molar-refractivity contribution in [2.45, 2.75) is 19.9 Å². The molecule has 1 atom stereocenters. The highest BCUT2D eigenvalue weighted by atomic mass is 32.1. The number of fused-ring (bicyclic) bond motifs is 1. The summed E-state index contributed by atoms with van der Waals surface area (Å²) in [6.45, 7) is 6.52. The molecule has 0 aliphatic carbocycles. The standard InChI is InChI=1S/C15H19N3O2S/c1-10-3-4-13-12(9-10)17-15(21-13)16-11(2)14(19)18-5-7-20-8-6-18/h3-4,9,11H,5-8H2,1-2H3,(H,16,17). The second-order valence-electron chi connectivity index (χ2n) is 5.29. The minimum atomic E-state index is -0.273. The molecule has 2 heterocycles. The first-order chi connectivity index (χ1) is 10.1. The van der Waals surface area contributed by atoms with Gasteiger partial charge in [0, 0.05) is 13.1 Å². The third kappa shape index (κ3) is 3.16.